The molecule has 0 atom stereocenters. The Balaban J connectivity index is 2.45. The summed E-state index contributed by atoms with van der Waals surface area (Å²) in [5.74, 6) is 0.160. The molecule has 15 heavy (non-hydrogen) atoms. The van der Waals surface area contributed by atoms with Crippen LogP contribution in [0.1, 0.15) is 5.69 Å². The predicted octanol–water partition coefficient (Wildman–Crippen LogP) is 0.822. The van der Waals surface area contributed by atoms with Crippen LogP contribution in [-0.4, -0.2) is 21.3 Å². The molecule has 0 saturated heterocycles. The van der Waals surface area contributed by atoms with Crippen molar-refractivity contribution in [1.29, 1.82) is 0 Å². The van der Waals surface area contributed by atoms with Gasteiger partial charge in [0.15, 0.2) is 5.58 Å². The Kier molecular flexibility index (Phi) is 2.17. The number of phenols is 1. The molecule has 0 amide bonds. The second kappa shape index (κ2) is 3.49. The number of rotatable bonds is 2. The molecule has 78 valence electrons. The van der Waals surface area contributed by atoms with E-state index in [1.54, 1.807) is 6.07 Å². The lowest BCUT2D eigenvalue weighted by Gasteiger charge is -1.94. The topological polar surface area (TPSA) is 105 Å². The van der Waals surface area contributed by atoms with E-state index in [-0.39, 0.29) is 18.0 Å². The van der Waals surface area contributed by atoms with Crippen LogP contribution in [0.4, 0.5) is 0 Å². The van der Waals surface area contributed by atoms with Crippen molar-refractivity contribution >= 4 is 16.8 Å². The minimum absolute atomic E-state index is 0.0540. The Morgan fingerprint density at radius 3 is 3.07 bits per heavy atom. The van der Waals surface area contributed by atoms with Crippen molar-refractivity contribution in [2.75, 3.05) is 0 Å². The van der Waals surface area contributed by atoms with Gasteiger partial charge in [0.05, 0.1) is 12.1 Å². The standard InChI is InChI=1S/C9H9N3O3/c10-9(11-14)4-7-6-2-1-5(13)3-8(6)15-12-7/h1-3,13-14H,4H2,(H2,10,11). The fourth-order valence-electron chi connectivity index (χ4n) is 1.31. The number of phenolic OH excluding ortho intramolecular Hbond substituents is 1. The minimum atomic E-state index is 0.0540. The maximum atomic E-state index is 9.19. The minimum Gasteiger partial charge on any atom is -0.508 e. The van der Waals surface area contributed by atoms with Crippen LogP contribution in [0.25, 0.3) is 11.0 Å². The molecule has 6 heteroatoms. The molecule has 4 N–H and O–H groups in total. The highest BCUT2D eigenvalue weighted by Gasteiger charge is 2.10. The van der Waals surface area contributed by atoms with Gasteiger partial charge in [0, 0.05) is 11.5 Å². The molecule has 2 aromatic rings. The van der Waals surface area contributed by atoms with Gasteiger partial charge in [-0.25, -0.2) is 0 Å². The predicted molar refractivity (Wildman–Crippen MR) is 52.8 cm³/mol. The summed E-state index contributed by atoms with van der Waals surface area (Å²) in [4.78, 5) is 0. The molecule has 0 fully saturated rings. The first-order valence-corrected chi connectivity index (χ1v) is 4.24. The van der Waals surface area contributed by atoms with Crippen molar-refractivity contribution in [2.24, 2.45) is 10.9 Å². The Labute approximate surface area is 84.6 Å². The molecule has 0 saturated carbocycles. The Bertz CT molecular complexity index is 518. The number of oxime groups is 1. The normalized spacial score (nSPS) is 12.1. The lowest BCUT2D eigenvalue weighted by molar-refractivity contribution is 0.317. The molecule has 0 unspecified atom stereocenters. The van der Waals surface area contributed by atoms with E-state index in [1.807, 2.05) is 0 Å². The average Bonchev–Trinajstić information content (AvgIpc) is 2.60. The van der Waals surface area contributed by atoms with E-state index >= 15 is 0 Å². The first kappa shape index (κ1) is 9.32. The summed E-state index contributed by atoms with van der Waals surface area (Å²) in [6.07, 6.45) is 0.203. The number of aromatic nitrogens is 1. The number of hydrogen-bond donors (Lipinski definition) is 3. The first-order chi connectivity index (χ1) is 7.20. The number of nitrogens with two attached hydrogens (primary N) is 1. The molecule has 1 heterocycles. The van der Waals surface area contributed by atoms with Crippen LogP contribution in [0.15, 0.2) is 27.9 Å². The number of amidine groups is 1. The fourth-order valence-corrected chi connectivity index (χ4v) is 1.31. The molecule has 0 aliphatic carbocycles. The van der Waals surface area contributed by atoms with Gasteiger partial charge in [-0.1, -0.05) is 10.3 Å². The van der Waals surface area contributed by atoms with Crippen molar-refractivity contribution in [3.8, 4) is 5.75 Å². The second-order valence-corrected chi connectivity index (χ2v) is 3.08. The molecular weight excluding hydrogens is 198 g/mol. The van der Waals surface area contributed by atoms with E-state index in [4.69, 9.17) is 15.5 Å². The molecule has 1 aromatic carbocycles. The SMILES string of the molecule is NC(Cc1noc2cc(O)ccc12)=NO. The van der Waals surface area contributed by atoms with Gasteiger partial charge in [-0.3, -0.25) is 0 Å². The maximum absolute atomic E-state index is 9.19. The number of aromatic hydroxyl groups is 1. The molecule has 0 aliphatic heterocycles. The molecule has 0 radical (unpaired) electrons. The lowest BCUT2D eigenvalue weighted by atomic mass is 10.1. The van der Waals surface area contributed by atoms with Gasteiger partial charge in [-0.15, -0.1) is 0 Å². The summed E-state index contributed by atoms with van der Waals surface area (Å²) in [5.41, 5.74) is 6.39. The van der Waals surface area contributed by atoms with Gasteiger partial charge in [0.1, 0.15) is 11.6 Å². The van der Waals surface area contributed by atoms with Crippen molar-refractivity contribution in [3.63, 3.8) is 0 Å². The van der Waals surface area contributed by atoms with E-state index in [2.05, 4.69) is 10.3 Å². The van der Waals surface area contributed by atoms with Crippen LogP contribution in [-0.2, 0) is 6.42 Å². The van der Waals surface area contributed by atoms with Crippen LogP contribution < -0.4 is 5.73 Å². The largest absolute Gasteiger partial charge is 0.508 e. The summed E-state index contributed by atoms with van der Waals surface area (Å²) in [6, 6.07) is 4.65. The van der Waals surface area contributed by atoms with Gasteiger partial charge < -0.3 is 20.6 Å². The van der Waals surface area contributed by atoms with E-state index in [1.165, 1.54) is 12.1 Å². The number of nitrogens with zero attached hydrogens (tertiary/aromatic N) is 2. The summed E-state index contributed by atoms with van der Waals surface area (Å²) in [6.45, 7) is 0. The Hall–Kier alpha value is -2.24. The highest BCUT2D eigenvalue weighted by Crippen LogP contribution is 2.22. The van der Waals surface area contributed by atoms with Crippen LogP contribution in [0.3, 0.4) is 0 Å². The molecule has 0 spiro atoms. The Morgan fingerprint density at radius 1 is 1.53 bits per heavy atom. The number of hydrogen-bond acceptors (Lipinski definition) is 5. The summed E-state index contributed by atoms with van der Waals surface area (Å²) < 4.78 is 4.97. The van der Waals surface area contributed by atoms with Gasteiger partial charge in [0.2, 0.25) is 0 Å². The smallest absolute Gasteiger partial charge is 0.170 e. The zero-order valence-corrected chi connectivity index (χ0v) is 7.71. The van der Waals surface area contributed by atoms with Gasteiger partial charge in [0.25, 0.3) is 0 Å². The summed E-state index contributed by atoms with van der Waals surface area (Å²) in [5, 5.41) is 25.0. The van der Waals surface area contributed by atoms with E-state index < -0.39 is 0 Å². The third kappa shape index (κ3) is 1.69. The quantitative estimate of drug-likeness (QED) is 0.292. The van der Waals surface area contributed by atoms with E-state index in [0.29, 0.717) is 11.3 Å². The third-order valence-electron chi connectivity index (χ3n) is 2.01. The number of fused-ring (bicyclic) bond motifs is 1. The fraction of sp³-hybridized carbons (Fsp3) is 0.111. The molecular formula is C9H9N3O3. The molecule has 0 bridgehead atoms. The van der Waals surface area contributed by atoms with Gasteiger partial charge >= 0.3 is 0 Å². The lowest BCUT2D eigenvalue weighted by Crippen LogP contribution is -2.14. The highest BCUT2D eigenvalue weighted by molar-refractivity contribution is 5.88. The first-order valence-electron chi connectivity index (χ1n) is 4.24. The molecule has 1 aromatic heterocycles. The van der Waals surface area contributed by atoms with Crippen molar-refractivity contribution in [3.05, 3.63) is 23.9 Å². The van der Waals surface area contributed by atoms with Gasteiger partial charge in [-0.2, -0.15) is 0 Å². The molecule has 2 rings (SSSR count). The average molecular weight is 207 g/mol. The van der Waals surface area contributed by atoms with Crippen LogP contribution >= 0.6 is 0 Å². The Morgan fingerprint density at radius 2 is 2.33 bits per heavy atom. The van der Waals surface area contributed by atoms with Crippen molar-refractivity contribution in [2.45, 2.75) is 6.42 Å². The van der Waals surface area contributed by atoms with Crippen LogP contribution in [0.5, 0.6) is 5.75 Å². The molecule has 0 aliphatic rings. The van der Waals surface area contributed by atoms with Crippen LogP contribution in [0.2, 0.25) is 0 Å². The monoisotopic (exact) mass is 207 g/mol. The van der Waals surface area contributed by atoms with Crippen LogP contribution in [0, 0.1) is 0 Å². The van der Waals surface area contributed by atoms with E-state index in [9.17, 15) is 5.11 Å². The maximum Gasteiger partial charge on any atom is 0.170 e. The zero-order chi connectivity index (χ0) is 10.8. The zero-order valence-electron chi connectivity index (χ0n) is 7.71. The van der Waals surface area contributed by atoms with E-state index in [0.717, 1.165) is 5.39 Å². The van der Waals surface area contributed by atoms with Crippen molar-refractivity contribution < 1.29 is 14.8 Å². The third-order valence-corrected chi connectivity index (χ3v) is 2.01. The highest BCUT2D eigenvalue weighted by atomic mass is 16.5. The second-order valence-electron chi connectivity index (χ2n) is 3.08. The molecule has 6 nitrogen and oxygen atoms in total. The number of benzene rings is 1. The van der Waals surface area contributed by atoms with Crippen molar-refractivity contribution in [1.82, 2.24) is 5.16 Å². The summed E-state index contributed by atoms with van der Waals surface area (Å²) in [7, 11) is 0. The van der Waals surface area contributed by atoms with Gasteiger partial charge in [-0.05, 0) is 12.1 Å². The summed E-state index contributed by atoms with van der Waals surface area (Å²) >= 11 is 0.